The van der Waals surface area contributed by atoms with Gasteiger partial charge in [0, 0.05) is 12.0 Å². The number of Topliss-reactive ketones (excluding diaryl/α,β-unsaturated/α-hetero) is 1. The summed E-state index contributed by atoms with van der Waals surface area (Å²) in [4.78, 5) is 22.2. The van der Waals surface area contributed by atoms with E-state index in [0.29, 0.717) is 52.8 Å². The van der Waals surface area contributed by atoms with E-state index in [1.165, 1.54) is 6.92 Å². The van der Waals surface area contributed by atoms with E-state index in [-0.39, 0.29) is 23.7 Å². The summed E-state index contributed by atoms with van der Waals surface area (Å²) in [5, 5.41) is 2.81. The Balaban J connectivity index is 3.17. The number of carbonyl (C=O) groups is 2. The van der Waals surface area contributed by atoms with Crippen LogP contribution in [0.25, 0.3) is 0 Å². The van der Waals surface area contributed by atoms with E-state index in [0.717, 1.165) is 0 Å². The van der Waals surface area contributed by atoms with Gasteiger partial charge in [0.15, 0.2) is 5.78 Å². The Morgan fingerprint density at radius 2 is 1.22 bits per heavy atom. The SMILES string of the molecule is CC(=O)COCCOCCOCCOCCNC(=O)C(C)(C)C. The highest BCUT2D eigenvalue weighted by atomic mass is 16.6. The molecule has 0 fully saturated rings. The minimum absolute atomic E-state index is 0.00584. The fraction of sp³-hybridized carbons (Fsp3) is 0.875. The summed E-state index contributed by atoms with van der Waals surface area (Å²) in [5.74, 6) is 0.0214. The van der Waals surface area contributed by atoms with Gasteiger partial charge in [0.05, 0.1) is 46.2 Å². The molecule has 0 saturated carbocycles. The molecule has 0 radical (unpaired) electrons. The van der Waals surface area contributed by atoms with Gasteiger partial charge in [0.2, 0.25) is 5.91 Å². The van der Waals surface area contributed by atoms with E-state index < -0.39 is 0 Å². The highest BCUT2D eigenvalue weighted by molar-refractivity contribution is 5.81. The first-order valence-electron chi connectivity index (χ1n) is 7.92. The number of nitrogens with one attached hydrogen (secondary N) is 1. The lowest BCUT2D eigenvalue weighted by molar-refractivity contribution is -0.128. The lowest BCUT2D eigenvalue weighted by atomic mass is 9.96. The van der Waals surface area contributed by atoms with Crippen LogP contribution < -0.4 is 5.32 Å². The van der Waals surface area contributed by atoms with Crippen LogP contribution in [0.3, 0.4) is 0 Å². The topological polar surface area (TPSA) is 83.1 Å². The second kappa shape index (κ2) is 13.4. The molecule has 0 aromatic carbocycles. The smallest absolute Gasteiger partial charge is 0.225 e. The molecule has 0 spiro atoms. The fourth-order valence-corrected chi connectivity index (χ4v) is 1.38. The van der Waals surface area contributed by atoms with Crippen LogP contribution in [0.5, 0.6) is 0 Å². The molecular weight excluding hydrogens is 302 g/mol. The van der Waals surface area contributed by atoms with Gasteiger partial charge in [-0.1, -0.05) is 20.8 Å². The molecule has 7 nitrogen and oxygen atoms in total. The molecule has 23 heavy (non-hydrogen) atoms. The molecule has 0 heterocycles. The Bertz CT molecular complexity index is 327. The zero-order valence-electron chi connectivity index (χ0n) is 14.8. The third-order valence-electron chi connectivity index (χ3n) is 2.63. The van der Waals surface area contributed by atoms with Gasteiger partial charge in [-0.3, -0.25) is 9.59 Å². The first-order chi connectivity index (χ1) is 10.8. The van der Waals surface area contributed by atoms with Crippen molar-refractivity contribution in [1.82, 2.24) is 5.32 Å². The summed E-state index contributed by atoms with van der Waals surface area (Å²) in [6, 6.07) is 0. The maximum Gasteiger partial charge on any atom is 0.225 e. The Hall–Kier alpha value is -1.02. The average molecular weight is 333 g/mol. The van der Waals surface area contributed by atoms with Gasteiger partial charge in [-0.2, -0.15) is 0 Å². The van der Waals surface area contributed by atoms with Gasteiger partial charge in [0.25, 0.3) is 0 Å². The summed E-state index contributed by atoms with van der Waals surface area (Å²) in [6.45, 7) is 11.0. The maximum absolute atomic E-state index is 11.6. The summed E-state index contributed by atoms with van der Waals surface area (Å²) in [6.07, 6.45) is 0. The monoisotopic (exact) mass is 333 g/mol. The Morgan fingerprint density at radius 3 is 1.65 bits per heavy atom. The number of ketones is 1. The molecule has 0 rings (SSSR count). The van der Waals surface area contributed by atoms with Crippen molar-refractivity contribution in [2.75, 3.05) is 59.4 Å². The molecule has 0 aliphatic heterocycles. The molecule has 0 atom stereocenters. The van der Waals surface area contributed by atoms with E-state index in [1.807, 2.05) is 20.8 Å². The van der Waals surface area contributed by atoms with Crippen LogP contribution in [-0.4, -0.2) is 71.1 Å². The van der Waals surface area contributed by atoms with Crippen molar-refractivity contribution in [3.8, 4) is 0 Å². The first kappa shape index (κ1) is 22.0. The van der Waals surface area contributed by atoms with Crippen LogP contribution in [0.15, 0.2) is 0 Å². The minimum Gasteiger partial charge on any atom is -0.377 e. The lowest BCUT2D eigenvalue weighted by Gasteiger charge is -2.17. The lowest BCUT2D eigenvalue weighted by Crippen LogP contribution is -2.36. The van der Waals surface area contributed by atoms with Crippen LogP contribution in [0.1, 0.15) is 27.7 Å². The van der Waals surface area contributed by atoms with Crippen LogP contribution in [-0.2, 0) is 28.5 Å². The van der Waals surface area contributed by atoms with E-state index in [1.54, 1.807) is 0 Å². The summed E-state index contributed by atoms with van der Waals surface area (Å²) in [7, 11) is 0. The van der Waals surface area contributed by atoms with Gasteiger partial charge in [0.1, 0.15) is 6.61 Å². The largest absolute Gasteiger partial charge is 0.377 e. The minimum atomic E-state index is -0.375. The zero-order valence-corrected chi connectivity index (χ0v) is 14.8. The molecule has 0 aliphatic carbocycles. The Labute approximate surface area is 139 Å². The van der Waals surface area contributed by atoms with Crippen molar-refractivity contribution in [3.63, 3.8) is 0 Å². The number of rotatable bonds is 14. The molecule has 1 amide bonds. The van der Waals surface area contributed by atoms with Gasteiger partial charge < -0.3 is 24.3 Å². The fourth-order valence-electron chi connectivity index (χ4n) is 1.38. The number of ether oxygens (including phenoxy) is 4. The first-order valence-corrected chi connectivity index (χ1v) is 7.92. The molecular formula is C16H31NO6. The number of carbonyl (C=O) groups excluding carboxylic acids is 2. The highest BCUT2D eigenvalue weighted by Gasteiger charge is 2.20. The molecule has 1 N–H and O–H groups in total. The number of hydrogen-bond donors (Lipinski definition) is 1. The maximum atomic E-state index is 11.6. The second-order valence-electron chi connectivity index (χ2n) is 6.10. The molecule has 136 valence electrons. The van der Waals surface area contributed by atoms with E-state index in [4.69, 9.17) is 18.9 Å². The summed E-state index contributed by atoms with van der Waals surface area (Å²) >= 11 is 0. The Morgan fingerprint density at radius 1 is 0.783 bits per heavy atom. The van der Waals surface area contributed by atoms with Gasteiger partial charge >= 0.3 is 0 Å². The van der Waals surface area contributed by atoms with Crippen LogP contribution in [0, 0.1) is 5.41 Å². The van der Waals surface area contributed by atoms with Gasteiger partial charge in [-0.15, -0.1) is 0 Å². The molecule has 0 saturated heterocycles. The predicted octanol–water partition coefficient (Wildman–Crippen LogP) is 0.804. The number of hydrogen-bond acceptors (Lipinski definition) is 6. The Kier molecular flexibility index (Phi) is 12.8. The highest BCUT2D eigenvalue weighted by Crippen LogP contribution is 2.11. The standard InChI is InChI=1S/C16H31NO6/c1-14(18)13-23-12-11-22-10-9-21-8-7-20-6-5-17-15(19)16(2,3)4/h5-13H2,1-4H3,(H,17,19). The van der Waals surface area contributed by atoms with Crippen molar-refractivity contribution in [2.45, 2.75) is 27.7 Å². The van der Waals surface area contributed by atoms with E-state index >= 15 is 0 Å². The van der Waals surface area contributed by atoms with Gasteiger partial charge in [-0.25, -0.2) is 0 Å². The molecule has 0 unspecified atom stereocenters. The van der Waals surface area contributed by atoms with Crippen LogP contribution in [0.4, 0.5) is 0 Å². The average Bonchev–Trinajstić information content (AvgIpc) is 2.46. The molecule has 0 aliphatic rings. The summed E-state index contributed by atoms with van der Waals surface area (Å²) < 4.78 is 21.0. The predicted molar refractivity (Wildman–Crippen MR) is 86.4 cm³/mol. The third kappa shape index (κ3) is 15.6. The second-order valence-corrected chi connectivity index (χ2v) is 6.10. The van der Waals surface area contributed by atoms with E-state index in [2.05, 4.69) is 5.32 Å². The van der Waals surface area contributed by atoms with Crippen LogP contribution in [0.2, 0.25) is 0 Å². The summed E-state index contributed by atoms with van der Waals surface area (Å²) in [5.41, 5.74) is -0.375. The van der Waals surface area contributed by atoms with Gasteiger partial charge in [-0.05, 0) is 6.92 Å². The number of amides is 1. The molecule has 0 aromatic heterocycles. The van der Waals surface area contributed by atoms with E-state index in [9.17, 15) is 9.59 Å². The third-order valence-corrected chi connectivity index (χ3v) is 2.63. The van der Waals surface area contributed by atoms with Crippen molar-refractivity contribution < 1.29 is 28.5 Å². The quantitative estimate of drug-likeness (QED) is 0.474. The van der Waals surface area contributed by atoms with Crippen molar-refractivity contribution in [3.05, 3.63) is 0 Å². The van der Waals surface area contributed by atoms with Crippen molar-refractivity contribution in [2.24, 2.45) is 5.41 Å². The van der Waals surface area contributed by atoms with Crippen molar-refractivity contribution in [1.29, 1.82) is 0 Å². The molecule has 7 heteroatoms. The molecule has 0 aromatic rings. The normalized spacial score (nSPS) is 11.5. The molecule has 0 bridgehead atoms. The zero-order chi connectivity index (χ0) is 17.6. The van der Waals surface area contributed by atoms with Crippen molar-refractivity contribution >= 4 is 11.7 Å². The van der Waals surface area contributed by atoms with Crippen LogP contribution >= 0.6 is 0 Å².